The highest BCUT2D eigenvalue weighted by Crippen LogP contribution is 2.34. The standard InChI is InChI=1S/C14H19NO2/c1-10-6-4-5-7-11(10)12-8-15(2)9-13(12)14(16)17-3/h4-7,12-13H,8-9H2,1-3H3. The van der Waals surface area contributed by atoms with Crippen LogP contribution in [0.5, 0.6) is 0 Å². The number of ether oxygens (including phenoxy) is 1. The van der Waals surface area contributed by atoms with Gasteiger partial charge in [-0.2, -0.15) is 0 Å². The quantitative estimate of drug-likeness (QED) is 0.730. The molecule has 2 atom stereocenters. The van der Waals surface area contributed by atoms with E-state index in [0.717, 1.165) is 13.1 Å². The van der Waals surface area contributed by atoms with E-state index in [1.165, 1.54) is 18.2 Å². The Balaban J connectivity index is 2.30. The van der Waals surface area contributed by atoms with Crippen LogP contribution in [0.2, 0.25) is 0 Å². The van der Waals surface area contributed by atoms with Gasteiger partial charge in [0.1, 0.15) is 0 Å². The number of likely N-dealkylation sites (N-methyl/N-ethyl adjacent to an activating group) is 1. The number of likely N-dealkylation sites (tertiary alicyclic amines) is 1. The molecule has 0 spiro atoms. The van der Waals surface area contributed by atoms with Gasteiger partial charge in [-0.05, 0) is 25.1 Å². The second-order valence-electron chi connectivity index (χ2n) is 4.81. The van der Waals surface area contributed by atoms with Crippen LogP contribution < -0.4 is 0 Å². The van der Waals surface area contributed by atoms with Crippen LogP contribution in [0.15, 0.2) is 24.3 Å². The molecule has 1 aromatic carbocycles. The van der Waals surface area contributed by atoms with Crippen molar-refractivity contribution < 1.29 is 9.53 Å². The molecular weight excluding hydrogens is 214 g/mol. The Kier molecular flexibility index (Phi) is 3.48. The van der Waals surface area contributed by atoms with E-state index in [1.807, 2.05) is 19.2 Å². The van der Waals surface area contributed by atoms with Crippen molar-refractivity contribution in [2.75, 3.05) is 27.2 Å². The summed E-state index contributed by atoms with van der Waals surface area (Å²) in [6.45, 7) is 3.80. The Labute approximate surface area is 102 Å². The molecule has 92 valence electrons. The lowest BCUT2D eigenvalue weighted by Crippen LogP contribution is -2.23. The maximum absolute atomic E-state index is 11.8. The molecule has 1 fully saturated rings. The minimum atomic E-state index is -0.0948. The summed E-state index contributed by atoms with van der Waals surface area (Å²) >= 11 is 0. The van der Waals surface area contributed by atoms with Crippen molar-refractivity contribution in [1.82, 2.24) is 4.90 Å². The Bertz CT molecular complexity index is 416. The number of esters is 1. The molecule has 1 aliphatic heterocycles. The van der Waals surface area contributed by atoms with Gasteiger partial charge in [-0.1, -0.05) is 24.3 Å². The molecule has 0 saturated carbocycles. The Morgan fingerprint density at radius 1 is 1.35 bits per heavy atom. The first-order valence-electron chi connectivity index (χ1n) is 5.95. The fraction of sp³-hybridized carbons (Fsp3) is 0.500. The summed E-state index contributed by atoms with van der Waals surface area (Å²) in [6.07, 6.45) is 0. The Morgan fingerprint density at radius 3 is 2.71 bits per heavy atom. The van der Waals surface area contributed by atoms with Crippen molar-refractivity contribution in [2.24, 2.45) is 5.92 Å². The van der Waals surface area contributed by atoms with Gasteiger partial charge in [0.15, 0.2) is 0 Å². The van der Waals surface area contributed by atoms with E-state index in [2.05, 4.69) is 24.0 Å². The first-order chi connectivity index (χ1) is 8.13. The maximum Gasteiger partial charge on any atom is 0.310 e. The molecule has 3 heteroatoms. The highest BCUT2D eigenvalue weighted by atomic mass is 16.5. The van der Waals surface area contributed by atoms with E-state index < -0.39 is 0 Å². The molecular formula is C14H19NO2. The number of hydrogen-bond donors (Lipinski definition) is 0. The van der Waals surface area contributed by atoms with E-state index in [4.69, 9.17) is 4.74 Å². The third kappa shape index (κ3) is 2.34. The number of hydrogen-bond acceptors (Lipinski definition) is 3. The molecule has 1 saturated heterocycles. The summed E-state index contributed by atoms with van der Waals surface area (Å²) < 4.78 is 4.91. The Hall–Kier alpha value is -1.35. The largest absolute Gasteiger partial charge is 0.469 e. The molecule has 2 unspecified atom stereocenters. The minimum Gasteiger partial charge on any atom is -0.469 e. The van der Waals surface area contributed by atoms with Crippen molar-refractivity contribution in [3.8, 4) is 0 Å². The van der Waals surface area contributed by atoms with Crippen molar-refractivity contribution in [3.05, 3.63) is 35.4 Å². The number of nitrogens with zero attached hydrogens (tertiary/aromatic N) is 1. The summed E-state index contributed by atoms with van der Waals surface area (Å²) in [5.74, 6) is 0.127. The molecule has 1 heterocycles. The molecule has 0 bridgehead atoms. The van der Waals surface area contributed by atoms with Crippen LogP contribution in [0, 0.1) is 12.8 Å². The number of aryl methyl sites for hydroxylation is 1. The lowest BCUT2D eigenvalue weighted by atomic mass is 9.86. The SMILES string of the molecule is COC(=O)C1CN(C)CC1c1ccccc1C. The molecule has 0 aliphatic carbocycles. The normalized spacial score (nSPS) is 24.9. The highest BCUT2D eigenvalue weighted by Gasteiger charge is 2.38. The summed E-state index contributed by atoms with van der Waals surface area (Å²) in [4.78, 5) is 14.0. The molecule has 0 aromatic heterocycles. The van der Waals surface area contributed by atoms with Gasteiger partial charge in [0.2, 0.25) is 0 Å². The van der Waals surface area contributed by atoms with Gasteiger partial charge in [0.05, 0.1) is 13.0 Å². The van der Waals surface area contributed by atoms with Crippen LogP contribution in [-0.4, -0.2) is 38.1 Å². The number of methoxy groups -OCH3 is 1. The van der Waals surface area contributed by atoms with Crippen molar-refractivity contribution in [1.29, 1.82) is 0 Å². The van der Waals surface area contributed by atoms with E-state index in [-0.39, 0.29) is 17.8 Å². The van der Waals surface area contributed by atoms with Gasteiger partial charge in [-0.15, -0.1) is 0 Å². The van der Waals surface area contributed by atoms with Crippen LogP contribution in [0.4, 0.5) is 0 Å². The van der Waals surface area contributed by atoms with Gasteiger partial charge in [-0.3, -0.25) is 4.79 Å². The van der Waals surface area contributed by atoms with E-state index in [9.17, 15) is 4.79 Å². The van der Waals surface area contributed by atoms with Crippen LogP contribution >= 0.6 is 0 Å². The maximum atomic E-state index is 11.8. The molecule has 1 aromatic rings. The summed E-state index contributed by atoms with van der Waals surface area (Å²) in [5, 5.41) is 0. The third-order valence-corrected chi connectivity index (χ3v) is 3.59. The Morgan fingerprint density at radius 2 is 2.06 bits per heavy atom. The van der Waals surface area contributed by atoms with Gasteiger partial charge < -0.3 is 9.64 Å². The summed E-state index contributed by atoms with van der Waals surface area (Å²) in [5.41, 5.74) is 2.52. The van der Waals surface area contributed by atoms with Crippen LogP contribution in [0.1, 0.15) is 17.0 Å². The number of carbonyl (C=O) groups is 1. The smallest absolute Gasteiger partial charge is 0.310 e. The molecule has 0 N–H and O–H groups in total. The lowest BCUT2D eigenvalue weighted by molar-refractivity contribution is -0.145. The van der Waals surface area contributed by atoms with Crippen molar-refractivity contribution >= 4 is 5.97 Å². The molecule has 1 aliphatic rings. The van der Waals surface area contributed by atoms with Gasteiger partial charge >= 0.3 is 5.97 Å². The first kappa shape index (κ1) is 12.1. The van der Waals surface area contributed by atoms with E-state index in [1.54, 1.807) is 0 Å². The highest BCUT2D eigenvalue weighted by molar-refractivity contribution is 5.74. The first-order valence-corrected chi connectivity index (χ1v) is 5.95. The van der Waals surface area contributed by atoms with E-state index in [0.29, 0.717) is 0 Å². The monoisotopic (exact) mass is 233 g/mol. The van der Waals surface area contributed by atoms with Crippen molar-refractivity contribution in [2.45, 2.75) is 12.8 Å². The van der Waals surface area contributed by atoms with Gasteiger partial charge in [-0.25, -0.2) is 0 Å². The van der Waals surface area contributed by atoms with Gasteiger partial charge in [0.25, 0.3) is 0 Å². The van der Waals surface area contributed by atoms with Gasteiger partial charge in [0, 0.05) is 19.0 Å². The van der Waals surface area contributed by atoms with Crippen LogP contribution in [0.25, 0.3) is 0 Å². The lowest BCUT2D eigenvalue weighted by Gasteiger charge is -2.18. The zero-order chi connectivity index (χ0) is 12.4. The topological polar surface area (TPSA) is 29.5 Å². The third-order valence-electron chi connectivity index (χ3n) is 3.59. The molecule has 17 heavy (non-hydrogen) atoms. The molecule has 0 amide bonds. The molecule has 3 nitrogen and oxygen atoms in total. The average Bonchev–Trinajstić information content (AvgIpc) is 2.71. The molecule has 2 rings (SSSR count). The second kappa shape index (κ2) is 4.88. The zero-order valence-electron chi connectivity index (χ0n) is 10.6. The minimum absolute atomic E-state index is 0.0360. The number of carbonyl (C=O) groups excluding carboxylic acids is 1. The van der Waals surface area contributed by atoms with Crippen LogP contribution in [-0.2, 0) is 9.53 Å². The predicted molar refractivity (Wildman–Crippen MR) is 66.9 cm³/mol. The number of rotatable bonds is 2. The average molecular weight is 233 g/mol. The zero-order valence-corrected chi connectivity index (χ0v) is 10.6. The van der Waals surface area contributed by atoms with E-state index >= 15 is 0 Å². The summed E-state index contributed by atoms with van der Waals surface area (Å²) in [7, 11) is 3.52. The second-order valence-corrected chi connectivity index (χ2v) is 4.81. The van der Waals surface area contributed by atoms with Crippen molar-refractivity contribution in [3.63, 3.8) is 0 Å². The van der Waals surface area contributed by atoms with Crippen LogP contribution in [0.3, 0.4) is 0 Å². The number of benzene rings is 1. The predicted octanol–water partition coefficient (Wildman–Crippen LogP) is 1.81. The summed E-state index contributed by atoms with van der Waals surface area (Å²) in [6, 6.07) is 8.29. The fourth-order valence-electron chi connectivity index (χ4n) is 2.71. The fourth-order valence-corrected chi connectivity index (χ4v) is 2.71. The molecule has 0 radical (unpaired) electrons.